The van der Waals surface area contributed by atoms with Gasteiger partial charge in [0.25, 0.3) is 0 Å². The molecule has 0 unspecified atom stereocenters. The Morgan fingerprint density at radius 1 is 1.00 bits per heavy atom. The van der Waals surface area contributed by atoms with E-state index in [1.54, 1.807) is 6.20 Å². The number of rotatable bonds is 0. The summed E-state index contributed by atoms with van der Waals surface area (Å²) < 4.78 is 4.16. The van der Waals surface area contributed by atoms with Crippen LogP contribution in [0.5, 0.6) is 0 Å². The highest BCUT2D eigenvalue weighted by molar-refractivity contribution is 14.1. The van der Waals surface area contributed by atoms with E-state index in [-0.39, 0.29) is 0 Å². The summed E-state index contributed by atoms with van der Waals surface area (Å²) in [6.45, 7) is 0. The van der Waals surface area contributed by atoms with E-state index in [4.69, 9.17) is 0 Å². The highest BCUT2D eigenvalue weighted by Gasteiger charge is 2.14. The number of pyridine rings is 1. The van der Waals surface area contributed by atoms with Gasteiger partial charge in [0, 0.05) is 6.20 Å². The van der Waals surface area contributed by atoms with Crippen molar-refractivity contribution in [3.05, 3.63) is 42.6 Å². The molecule has 0 saturated heterocycles. The largest absolute Gasteiger partial charge is 0.260 e. The molecule has 0 radical (unpaired) electrons. The van der Waals surface area contributed by atoms with Crippen molar-refractivity contribution >= 4 is 50.8 Å². The van der Waals surface area contributed by atoms with Crippen molar-refractivity contribution in [1.29, 1.82) is 0 Å². The molecule has 17 heavy (non-hydrogen) atoms. The molecule has 0 fully saturated rings. The minimum Gasteiger partial charge on any atom is -0.260 e. The fourth-order valence-corrected chi connectivity index (χ4v) is 2.91. The number of hydrogen-bond acceptors (Lipinski definition) is 2. The number of aromatic nitrogens is 4. The van der Waals surface area contributed by atoms with Crippen molar-refractivity contribution in [2.45, 2.75) is 0 Å². The van der Waals surface area contributed by atoms with Gasteiger partial charge in [-0.15, -0.1) is 0 Å². The summed E-state index contributed by atoms with van der Waals surface area (Å²) in [5.41, 5.74) is 4.13. The number of fused-ring (bicyclic) bond motifs is 5. The van der Waals surface area contributed by atoms with Crippen molar-refractivity contribution in [2.24, 2.45) is 0 Å². The standard InChI is InChI=1S/C12H7IN4/c13-17-10-6-2-1-5-9(10)16-11-8(15-12(16)17)4-3-7-14-11/h1-7H. The molecular formula is C12H7IN4. The van der Waals surface area contributed by atoms with Gasteiger partial charge in [-0.3, -0.25) is 4.40 Å². The molecule has 82 valence electrons. The first-order valence-corrected chi connectivity index (χ1v) is 6.21. The van der Waals surface area contributed by atoms with Crippen molar-refractivity contribution < 1.29 is 0 Å². The minimum atomic E-state index is 0.911. The average Bonchev–Trinajstić information content (AvgIpc) is 2.88. The lowest BCUT2D eigenvalue weighted by Gasteiger charge is -1.92. The number of benzene rings is 1. The molecule has 4 nitrogen and oxygen atoms in total. The molecule has 0 spiro atoms. The van der Waals surface area contributed by atoms with Crippen molar-refractivity contribution in [3.63, 3.8) is 0 Å². The number of hydrogen-bond donors (Lipinski definition) is 0. The topological polar surface area (TPSA) is 35.1 Å². The Morgan fingerprint density at radius 3 is 2.71 bits per heavy atom. The van der Waals surface area contributed by atoms with Crippen molar-refractivity contribution in [1.82, 2.24) is 17.1 Å². The van der Waals surface area contributed by atoms with Crippen LogP contribution in [0.3, 0.4) is 0 Å². The van der Waals surface area contributed by atoms with E-state index in [1.165, 1.54) is 0 Å². The first-order valence-electron chi connectivity index (χ1n) is 5.25. The summed E-state index contributed by atoms with van der Waals surface area (Å²) in [4.78, 5) is 9.02. The summed E-state index contributed by atoms with van der Waals surface area (Å²) in [6, 6.07) is 12.1. The van der Waals surface area contributed by atoms with Crippen molar-refractivity contribution in [3.8, 4) is 0 Å². The van der Waals surface area contributed by atoms with Gasteiger partial charge < -0.3 is 0 Å². The molecular weight excluding hydrogens is 327 g/mol. The third-order valence-corrected chi connectivity index (χ3v) is 3.86. The summed E-state index contributed by atoms with van der Waals surface area (Å²) in [7, 11) is 0. The first-order chi connectivity index (χ1) is 8.36. The third kappa shape index (κ3) is 1.12. The molecule has 0 bridgehead atoms. The first kappa shape index (κ1) is 9.41. The summed E-state index contributed by atoms with van der Waals surface area (Å²) >= 11 is 2.27. The molecule has 0 aliphatic rings. The van der Waals surface area contributed by atoms with Gasteiger partial charge in [0.05, 0.1) is 33.9 Å². The maximum atomic E-state index is 4.61. The second-order valence-corrected chi connectivity index (χ2v) is 4.83. The molecule has 3 heterocycles. The average molecular weight is 334 g/mol. The summed E-state index contributed by atoms with van der Waals surface area (Å²) in [5, 5.41) is 0. The number of para-hydroxylation sites is 2. The van der Waals surface area contributed by atoms with Gasteiger partial charge in [-0.05, 0) is 24.3 Å². The Morgan fingerprint density at radius 2 is 1.82 bits per heavy atom. The van der Waals surface area contributed by atoms with Crippen LogP contribution < -0.4 is 0 Å². The van der Waals surface area contributed by atoms with Gasteiger partial charge in [-0.25, -0.2) is 12.7 Å². The van der Waals surface area contributed by atoms with E-state index < -0.39 is 0 Å². The molecule has 0 aliphatic heterocycles. The summed E-state index contributed by atoms with van der Waals surface area (Å²) in [5.74, 6) is 0.917. The van der Waals surface area contributed by atoms with E-state index >= 15 is 0 Å². The van der Waals surface area contributed by atoms with Gasteiger partial charge in [-0.1, -0.05) is 12.1 Å². The Bertz CT molecular complexity index is 859. The Labute approximate surface area is 110 Å². The van der Waals surface area contributed by atoms with Crippen LogP contribution in [0.1, 0.15) is 0 Å². The second kappa shape index (κ2) is 3.19. The number of halogens is 1. The van der Waals surface area contributed by atoms with Crippen LogP contribution in [0.4, 0.5) is 0 Å². The lowest BCUT2D eigenvalue weighted by molar-refractivity contribution is 1.23. The number of nitrogens with zero attached hydrogens (tertiary/aromatic N) is 4. The Kier molecular flexibility index (Phi) is 1.77. The zero-order valence-electron chi connectivity index (χ0n) is 8.71. The van der Waals surface area contributed by atoms with Crippen LogP contribution in [-0.4, -0.2) is 17.1 Å². The van der Waals surface area contributed by atoms with Crippen LogP contribution in [0.15, 0.2) is 42.6 Å². The second-order valence-electron chi connectivity index (χ2n) is 3.86. The smallest absolute Gasteiger partial charge is 0.226 e. The van der Waals surface area contributed by atoms with E-state index in [9.17, 15) is 0 Å². The molecule has 0 aliphatic carbocycles. The van der Waals surface area contributed by atoms with Crippen LogP contribution in [0.2, 0.25) is 0 Å². The predicted octanol–water partition coefficient (Wildman–Crippen LogP) is 3.04. The molecule has 0 amide bonds. The van der Waals surface area contributed by atoms with Gasteiger partial charge in [0.2, 0.25) is 5.78 Å². The SMILES string of the molecule is In1c2ccccc2n2c3ncccc3nc12. The monoisotopic (exact) mass is 334 g/mol. The highest BCUT2D eigenvalue weighted by Crippen LogP contribution is 2.26. The Balaban J connectivity index is 2.41. The van der Waals surface area contributed by atoms with Crippen LogP contribution in [0, 0.1) is 0 Å². The third-order valence-electron chi connectivity index (χ3n) is 2.91. The zero-order valence-corrected chi connectivity index (χ0v) is 10.9. The van der Waals surface area contributed by atoms with E-state index in [1.807, 2.05) is 24.3 Å². The molecule has 1 aromatic carbocycles. The molecule has 4 rings (SSSR count). The maximum absolute atomic E-state index is 4.61. The zero-order chi connectivity index (χ0) is 11.4. The predicted molar refractivity (Wildman–Crippen MR) is 75.4 cm³/mol. The molecule has 0 saturated carbocycles. The minimum absolute atomic E-state index is 0.911. The molecule has 5 heteroatoms. The lowest BCUT2D eigenvalue weighted by atomic mass is 10.3. The van der Waals surface area contributed by atoms with E-state index in [2.05, 4.69) is 52.1 Å². The van der Waals surface area contributed by atoms with Gasteiger partial charge in [-0.2, -0.15) is 0 Å². The molecule has 4 aromatic rings. The quantitative estimate of drug-likeness (QED) is 0.464. The maximum Gasteiger partial charge on any atom is 0.226 e. The fraction of sp³-hybridized carbons (Fsp3) is 0. The van der Waals surface area contributed by atoms with Gasteiger partial charge in [0.1, 0.15) is 5.52 Å². The Hall–Kier alpha value is -1.63. The molecule has 3 aromatic heterocycles. The van der Waals surface area contributed by atoms with E-state index in [0.29, 0.717) is 0 Å². The van der Waals surface area contributed by atoms with Crippen LogP contribution >= 0.6 is 22.9 Å². The normalized spacial score (nSPS) is 11.8. The number of imidazole rings is 2. The molecule has 0 N–H and O–H groups in total. The summed E-state index contributed by atoms with van der Waals surface area (Å²) in [6.07, 6.45) is 1.80. The highest BCUT2D eigenvalue weighted by atomic mass is 127. The fourth-order valence-electron chi connectivity index (χ4n) is 2.18. The van der Waals surface area contributed by atoms with E-state index in [0.717, 1.165) is 28.0 Å². The van der Waals surface area contributed by atoms with Crippen molar-refractivity contribution in [2.75, 3.05) is 0 Å². The lowest BCUT2D eigenvalue weighted by Crippen LogP contribution is -1.82. The van der Waals surface area contributed by atoms with Gasteiger partial charge >= 0.3 is 0 Å². The van der Waals surface area contributed by atoms with Gasteiger partial charge in [0.15, 0.2) is 5.65 Å². The van der Waals surface area contributed by atoms with Crippen LogP contribution in [0.25, 0.3) is 28.0 Å². The molecule has 0 atom stereocenters. The van der Waals surface area contributed by atoms with Crippen LogP contribution in [-0.2, 0) is 0 Å².